The molecule has 1 aromatic carbocycles. The van der Waals surface area contributed by atoms with Crippen molar-refractivity contribution in [1.82, 2.24) is 4.90 Å². The van der Waals surface area contributed by atoms with Gasteiger partial charge < -0.3 is 5.11 Å². The number of benzene rings is 1. The second-order valence-corrected chi connectivity index (χ2v) is 4.92. The van der Waals surface area contributed by atoms with Crippen LogP contribution in [0, 0.1) is 0 Å². The Morgan fingerprint density at radius 1 is 1.53 bits per heavy atom. The number of carboxylic acids is 1. The van der Waals surface area contributed by atoms with Gasteiger partial charge in [0.1, 0.15) is 12.3 Å². The minimum atomic E-state index is -0.793. The summed E-state index contributed by atoms with van der Waals surface area (Å²) in [6.07, 6.45) is 0.814. The van der Waals surface area contributed by atoms with Gasteiger partial charge >= 0.3 is 5.97 Å². The van der Waals surface area contributed by atoms with Crippen LogP contribution >= 0.6 is 11.8 Å². The van der Waals surface area contributed by atoms with E-state index >= 15 is 0 Å². The van der Waals surface area contributed by atoms with Crippen LogP contribution in [0.15, 0.2) is 24.3 Å². The maximum atomic E-state index is 11.0. The molecular weight excluding hydrogens is 238 g/mol. The van der Waals surface area contributed by atoms with Gasteiger partial charge in [-0.3, -0.25) is 14.5 Å². The standard InChI is InChI=1S/C12H13NO3S/c14-6-10-4-2-1-3-9(10)5-13-8-17-7-11(13)12(15)16/h1-4,6,11H,5,7-8H2,(H,15,16). The first-order valence-electron chi connectivity index (χ1n) is 5.30. The van der Waals surface area contributed by atoms with E-state index in [-0.39, 0.29) is 0 Å². The zero-order valence-electron chi connectivity index (χ0n) is 9.20. The van der Waals surface area contributed by atoms with Gasteiger partial charge in [0.15, 0.2) is 0 Å². The van der Waals surface area contributed by atoms with Gasteiger partial charge in [-0.1, -0.05) is 24.3 Å². The highest BCUT2D eigenvalue weighted by Gasteiger charge is 2.31. The van der Waals surface area contributed by atoms with Crippen molar-refractivity contribution >= 4 is 24.0 Å². The Labute approximate surface area is 104 Å². The molecule has 4 nitrogen and oxygen atoms in total. The summed E-state index contributed by atoms with van der Waals surface area (Å²) in [5.41, 5.74) is 1.52. The molecule has 17 heavy (non-hydrogen) atoms. The molecule has 90 valence electrons. The predicted octanol–water partition coefficient (Wildman–Crippen LogP) is 1.46. The number of rotatable bonds is 4. The lowest BCUT2D eigenvalue weighted by Crippen LogP contribution is -2.37. The van der Waals surface area contributed by atoms with Crippen LogP contribution in [0.1, 0.15) is 15.9 Å². The van der Waals surface area contributed by atoms with Crippen molar-refractivity contribution in [3.63, 3.8) is 0 Å². The minimum Gasteiger partial charge on any atom is -0.480 e. The summed E-state index contributed by atoms with van der Waals surface area (Å²) in [5.74, 6) is 0.515. The van der Waals surface area contributed by atoms with E-state index in [0.717, 1.165) is 11.8 Å². The molecule has 2 rings (SSSR count). The van der Waals surface area contributed by atoms with Crippen LogP contribution in [0.25, 0.3) is 0 Å². The highest BCUT2D eigenvalue weighted by Crippen LogP contribution is 2.23. The molecule has 0 radical (unpaired) electrons. The molecule has 0 spiro atoms. The fourth-order valence-corrected chi connectivity index (χ4v) is 3.06. The molecule has 1 fully saturated rings. The summed E-state index contributed by atoms with van der Waals surface area (Å²) < 4.78 is 0. The highest BCUT2D eigenvalue weighted by molar-refractivity contribution is 7.99. The van der Waals surface area contributed by atoms with Gasteiger partial charge in [0.2, 0.25) is 0 Å². The number of carbonyl (C=O) groups is 2. The van der Waals surface area contributed by atoms with Gasteiger partial charge in [0.05, 0.1) is 0 Å². The smallest absolute Gasteiger partial charge is 0.321 e. The summed E-state index contributed by atoms with van der Waals surface area (Å²) in [7, 11) is 0. The molecule has 1 atom stereocenters. The van der Waals surface area contributed by atoms with Crippen molar-refractivity contribution in [2.75, 3.05) is 11.6 Å². The summed E-state index contributed by atoms with van der Waals surface area (Å²) in [4.78, 5) is 23.8. The van der Waals surface area contributed by atoms with Gasteiger partial charge in [-0.05, 0) is 5.56 Å². The summed E-state index contributed by atoms with van der Waals surface area (Å²) >= 11 is 1.61. The first-order valence-corrected chi connectivity index (χ1v) is 6.45. The van der Waals surface area contributed by atoms with Gasteiger partial charge in [0.25, 0.3) is 0 Å². The molecule has 0 bridgehead atoms. The van der Waals surface area contributed by atoms with Crippen molar-refractivity contribution in [2.45, 2.75) is 12.6 Å². The van der Waals surface area contributed by atoms with E-state index in [9.17, 15) is 9.59 Å². The van der Waals surface area contributed by atoms with Crippen LogP contribution in [0.5, 0.6) is 0 Å². The summed E-state index contributed by atoms with van der Waals surface area (Å²) in [6.45, 7) is 0.513. The highest BCUT2D eigenvalue weighted by atomic mass is 32.2. The van der Waals surface area contributed by atoms with E-state index in [1.807, 2.05) is 17.0 Å². The predicted molar refractivity (Wildman–Crippen MR) is 66.1 cm³/mol. The molecule has 1 heterocycles. The Morgan fingerprint density at radius 3 is 3.00 bits per heavy atom. The molecule has 1 unspecified atom stereocenters. The summed E-state index contributed by atoms with van der Waals surface area (Å²) in [5, 5.41) is 9.06. The zero-order valence-corrected chi connectivity index (χ0v) is 10.0. The molecule has 1 aromatic rings. The van der Waals surface area contributed by atoms with Crippen molar-refractivity contribution in [1.29, 1.82) is 0 Å². The lowest BCUT2D eigenvalue weighted by molar-refractivity contribution is -0.141. The van der Waals surface area contributed by atoms with E-state index in [1.54, 1.807) is 23.9 Å². The number of hydrogen-bond donors (Lipinski definition) is 1. The van der Waals surface area contributed by atoms with E-state index in [0.29, 0.717) is 23.7 Å². The van der Waals surface area contributed by atoms with Crippen molar-refractivity contribution < 1.29 is 14.7 Å². The first-order chi connectivity index (χ1) is 8.22. The number of thioether (sulfide) groups is 1. The molecular formula is C12H13NO3S. The average Bonchev–Trinajstić information content (AvgIpc) is 2.78. The largest absolute Gasteiger partial charge is 0.480 e. The van der Waals surface area contributed by atoms with E-state index in [4.69, 9.17) is 5.11 Å². The normalized spacial score (nSPS) is 20.4. The van der Waals surface area contributed by atoms with Crippen LogP contribution < -0.4 is 0 Å². The van der Waals surface area contributed by atoms with Gasteiger partial charge in [-0.2, -0.15) is 0 Å². The second kappa shape index (κ2) is 5.33. The fourth-order valence-electron chi connectivity index (χ4n) is 1.87. The second-order valence-electron chi connectivity index (χ2n) is 3.92. The molecule has 0 aliphatic carbocycles. The molecule has 1 aliphatic heterocycles. The van der Waals surface area contributed by atoms with Crippen LogP contribution in [0.3, 0.4) is 0 Å². The molecule has 1 N–H and O–H groups in total. The zero-order chi connectivity index (χ0) is 12.3. The van der Waals surface area contributed by atoms with Crippen LogP contribution in [-0.2, 0) is 11.3 Å². The number of hydrogen-bond acceptors (Lipinski definition) is 4. The van der Waals surface area contributed by atoms with E-state index in [1.165, 1.54) is 0 Å². The Morgan fingerprint density at radius 2 is 2.29 bits per heavy atom. The molecule has 1 aliphatic rings. The number of nitrogens with zero attached hydrogens (tertiary/aromatic N) is 1. The number of aliphatic carboxylic acids is 1. The monoisotopic (exact) mass is 251 g/mol. The SMILES string of the molecule is O=Cc1ccccc1CN1CSCC1C(=O)O. The van der Waals surface area contributed by atoms with Crippen LogP contribution in [0.4, 0.5) is 0 Å². The number of aldehydes is 1. The van der Waals surface area contributed by atoms with Gasteiger partial charge in [0, 0.05) is 23.7 Å². The first kappa shape index (κ1) is 12.1. The Balaban J connectivity index is 2.15. The molecule has 5 heteroatoms. The lowest BCUT2D eigenvalue weighted by Gasteiger charge is -2.20. The maximum Gasteiger partial charge on any atom is 0.321 e. The van der Waals surface area contributed by atoms with Gasteiger partial charge in [-0.25, -0.2) is 0 Å². The molecule has 1 saturated heterocycles. The molecule has 0 aromatic heterocycles. The third kappa shape index (κ3) is 2.68. The third-order valence-corrected chi connectivity index (χ3v) is 3.88. The Bertz CT molecular complexity index is 436. The van der Waals surface area contributed by atoms with Crippen LogP contribution in [-0.4, -0.2) is 39.9 Å². The van der Waals surface area contributed by atoms with Crippen molar-refractivity contribution in [3.05, 3.63) is 35.4 Å². The quantitative estimate of drug-likeness (QED) is 0.821. The maximum absolute atomic E-state index is 11.0. The molecule has 0 amide bonds. The topological polar surface area (TPSA) is 57.6 Å². The van der Waals surface area contributed by atoms with E-state index in [2.05, 4.69) is 0 Å². The molecule has 0 saturated carbocycles. The Kier molecular flexibility index (Phi) is 3.81. The lowest BCUT2D eigenvalue weighted by atomic mass is 10.1. The average molecular weight is 251 g/mol. The van der Waals surface area contributed by atoms with Crippen molar-refractivity contribution in [2.24, 2.45) is 0 Å². The third-order valence-electron chi connectivity index (χ3n) is 2.81. The van der Waals surface area contributed by atoms with Gasteiger partial charge in [-0.15, -0.1) is 11.8 Å². The fraction of sp³-hybridized carbons (Fsp3) is 0.333. The number of carboxylic acid groups (broad SMARTS) is 1. The number of carbonyl (C=O) groups excluding carboxylic acids is 1. The summed E-state index contributed by atoms with van der Waals surface area (Å²) in [6, 6.07) is 6.84. The Hall–Kier alpha value is -1.33. The minimum absolute atomic E-state index is 0.445. The van der Waals surface area contributed by atoms with Crippen LogP contribution in [0.2, 0.25) is 0 Å². The van der Waals surface area contributed by atoms with E-state index < -0.39 is 12.0 Å². The van der Waals surface area contributed by atoms with Crippen molar-refractivity contribution in [3.8, 4) is 0 Å².